The highest BCUT2D eigenvalue weighted by Crippen LogP contribution is 2.36. The van der Waals surface area contributed by atoms with Crippen molar-refractivity contribution >= 4 is 8.32 Å². The van der Waals surface area contributed by atoms with Crippen LogP contribution in [-0.4, -0.2) is 13.9 Å². The maximum absolute atomic E-state index is 9.35. The van der Waals surface area contributed by atoms with E-state index >= 15 is 0 Å². The third-order valence-electron chi connectivity index (χ3n) is 3.12. The maximum Gasteiger partial charge on any atom is 0.185 e. The van der Waals surface area contributed by atoms with E-state index in [0.717, 1.165) is 12.8 Å². The first-order valence-corrected chi connectivity index (χ1v) is 9.40. The largest absolute Gasteiger partial charge is 0.400 e. The molecule has 0 amide bonds. The van der Waals surface area contributed by atoms with Crippen LogP contribution in [0.2, 0.25) is 19.6 Å². The smallest absolute Gasteiger partial charge is 0.185 e. The molecule has 0 heterocycles. The molecular weight excluding hydrogens is 202 g/mol. The molecule has 0 aromatic rings. The van der Waals surface area contributed by atoms with Gasteiger partial charge in [-0.05, 0) is 39.4 Å². The fourth-order valence-electron chi connectivity index (χ4n) is 2.49. The molecule has 0 aromatic carbocycles. The zero-order chi connectivity index (χ0) is 11.5. The summed E-state index contributed by atoms with van der Waals surface area (Å²) in [7, 11) is -1.62. The van der Waals surface area contributed by atoms with Crippen LogP contribution in [0.4, 0.5) is 0 Å². The first kappa shape index (κ1) is 12.7. The van der Waals surface area contributed by atoms with Crippen LogP contribution in [0.5, 0.6) is 0 Å². The average Bonchev–Trinajstić information content (AvgIpc) is 2.16. The predicted molar refractivity (Wildman–Crippen MR) is 65.0 cm³/mol. The second kappa shape index (κ2) is 4.67. The minimum Gasteiger partial charge on any atom is -0.400 e. The first-order valence-electron chi connectivity index (χ1n) is 5.99. The van der Waals surface area contributed by atoms with Gasteiger partial charge in [0.2, 0.25) is 0 Å². The maximum atomic E-state index is 9.35. The summed E-state index contributed by atoms with van der Waals surface area (Å²) in [6.07, 6.45) is 6.17. The Labute approximate surface area is 94.8 Å². The van der Waals surface area contributed by atoms with Crippen LogP contribution in [0.3, 0.4) is 0 Å². The summed E-state index contributed by atoms with van der Waals surface area (Å²) in [6.45, 7) is 8.46. The van der Waals surface area contributed by atoms with E-state index < -0.39 is 13.9 Å². The van der Waals surface area contributed by atoms with Crippen LogP contribution in [-0.2, 0) is 4.43 Å². The molecule has 86 valence electrons. The summed E-state index contributed by atoms with van der Waals surface area (Å²) < 4.78 is 6.09. The van der Waals surface area contributed by atoms with Crippen molar-refractivity contribution in [2.75, 3.05) is 0 Å². The Kier molecular flexibility index (Phi) is 3.97. The Morgan fingerprint density at radius 3 is 2.13 bits per heavy atom. The van der Waals surface area contributed by atoms with Gasteiger partial charge < -0.3 is 4.43 Å². The molecule has 0 unspecified atom stereocenters. The van der Waals surface area contributed by atoms with Gasteiger partial charge in [0, 0.05) is 5.92 Å². The van der Waals surface area contributed by atoms with Crippen LogP contribution >= 0.6 is 0 Å². The van der Waals surface area contributed by atoms with Crippen LogP contribution in [0.15, 0.2) is 0 Å². The Morgan fingerprint density at radius 1 is 1.20 bits per heavy atom. The van der Waals surface area contributed by atoms with Crippen molar-refractivity contribution in [3.8, 4) is 6.07 Å². The highest BCUT2D eigenvalue weighted by molar-refractivity contribution is 6.69. The Morgan fingerprint density at radius 2 is 1.73 bits per heavy atom. The zero-order valence-corrected chi connectivity index (χ0v) is 11.5. The molecule has 0 spiro atoms. The molecule has 1 rings (SSSR count). The predicted octanol–water partition coefficient (Wildman–Crippen LogP) is 3.70. The van der Waals surface area contributed by atoms with E-state index in [0.29, 0.717) is 5.92 Å². The molecule has 1 fully saturated rings. The molecule has 0 saturated heterocycles. The van der Waals surface area contributed by atoms with E-state index in [9.17, 15) is 5.26 Å². The fraction of sp³-hybridized carbons (Fsp3) is 0.917. The molecular formula is C12H23NOSi. The van der Waals surface area contributed by atoms with Gasteiger partial charge in [-0.15, -0.1) is 0 Å². The van der Waals surface area contributed by atoms with E-state index in [4.69, 9.17) is 4.43 Å². The van der Waals surface area contributed by atoms with Gasteiger partial charge in [-0.25, -0.2) is 0 Å². The highest BCUT2D eigenvalue weighted by Gasteiger charge is 2.39. The van der Waals surface area contributed by atoms with Gasteiger partial charge in [-0.2, -0.15) is 5.26 Å². The summed E-state index contributed by atoms with van der Waals surface area (Å²) in [6, 6.07) is 2.42. The topological polar surface area (TPSA) is 33.0 Å². The number of hydrogen-bond donors (Lipinski definition) is 0. The van der Waals surface area contributed by atoms with Crippen molar-refractivity contribution in [3.63, 3.8) is 0 Å². The van der Waals surface area contributed by atoms with Gasteiger partial charge in [-0.3, -0.25) is 0 Å². The third-order valence-corrected chi connectivity index (χ3v) is 4.16. The first-order chi connectivity index (χ1) is 6.87. The molecule has 3 heteroatoms. The quantitative estimate of drug-likeness (QED) is 0.686. The SMILES string of the molecule is C[C@@](C#N)(O[Si](C)(C)C)C1CCCCC1. The van der Waals surface area contributed by atoms with Crippen LogP contribution in [0.1, 0.15) is 39.0 Å². The lowest BCUT2D eigenvalue weighted by molar-refractivity contribution is 0.0520. The summed E-state index contributed by atoms with van der Waals surface area (Å²) in [4.78, 5) is 0. The lowest BCUT2D eigenvalue weighted by Gasteiger charge is -2.38. The average molecular weight is 225 g/mol. The second-order valence-electron chi connectivity index (χ2n) is 5.77. The molecule has 1 aliphatic carbocycles. The van der Waals surface area contributed by atoms with Crippen molar-refractivity contribution in [1.82, 2.24) is 0 Å². The van der Waals surface area contributed by atoms with Gasteiger partial charge in [-0.1, -0.05) is 19.3 Å². The monoisotopic (exact) mass is 225 g/mol. The number of nitrogens with zero attached hydrogens (tertiary/aromatic N) is 1. The normalized spacial score (nSPS) is 23.1. The van der Waals surface area contributed by atoms with Crippen molar-refractivity contribution in [1.29, 1.82) is 5.26 Å². The van der Waals surface area contributed by atoms with Crippen molar-refractivity contribution in [2.24, 2.45) is 5.92 Å². The molecule has 1 aliphatic rings. The van der Waals surface area contributed by atoms with Crippen LogP contribution in [0.25, 0.3) is 0 Å². The van der Waals surface area contributed by atoms with Crippen molar-refractivity contribution in [2.45, 2.75) is 64.3 Å². The highest BCUT2D eigenvalue weighted by atomic mass is 28.4. The number of hydrogen-bond acceptors (Lipinski definition) is 2. The fourth-order valence-corrected chi connectivity index (χ4v) is 3.97. The van der Waals surface area contributed by atoms with Crippen LogP contribution < -0.4 is 0 Å². The van der Waals surface area contributed by atoms with Crippen molar-refractivity contribution < 1.29 is 4.43 Å². The van der Waals surface area contributed by atoms with Crippen molar-refractivity contribution in [3.05, 3.63) is 0 Å². The number of nitriles is 1. The molecule has 0 aliphatic heterocycles. The lowest BCUT2D eigenvalue weighted by atomic mass is 9.79. The molecule has 0 radical (unpaired) electrons. The van der Waals surface area contributed by atoms with E-state index in [1.54, 1.807) is 0 Å². The second-order valence-corrected chi connectivity index (χ2v) is 10.2. The molecule has 2 nitrogen and oxygen atoms in total. The molecule has 0 bridgehead atoms. The molecule has 15 heavy (non-hydrogen) atoms. The van der Waals surface area contributed by atoms with Crippen LogP contribution in [0, 0.1) is 17.2 Å². The van der Waals surface area contributed by atoms with Gasteiger partial charge >= 0.3 is 0 Å². The molecule has 0 N–H and O–H groups in total. The third kappa shape index (κ3) is 3.62. The zero-order valence-electron chi connectivity index (χ0n) is 10.5. The molecule has 1 atom stereocenters. The standard InChI is InChI=1S/C12H23NOSi/c1-12(10-13,14-15(2,3)4)11-8-6-5-7-9-11/h11H,5-9H2,1-4H3/t12-/m0/s1. The molecule has 0 aromatic heterocycles. The van der Waals surface area contributed by atoms with Gasteiger partial charge in [0.1, 0.15) is 5.60 Å². The summed E-state index contributed by atoms with van der Waals surface area (Å²) in [5.41, 5.74) is -0.537. The minimum absolute atomic E-state index is 0.447. The number of rotatable bonds is 3. The van der Waals surface area contributed by atoms with Gasteiger partial charge in [0.25, 0.3) is 0 Å². The Bertz CT molecular complexity index is 247. The summed E-state index contributed by atoms with van der Waals surface area (Å²) in [5.74, 6) is 0.447. The van der Waals surface area contributed by atoms with E-state index in [1.165, 1.54) is 19.3 Å². The molecule has 1 saturated carbocycles. The van der Waals surface area contributed by atoms with E-state index in [-0.39, 0.29) is 0 Å². The van der Waals surface area contributed by atoms with E-state index in [2.05, 4.69) is 25.7 Å². The lowest BCUT2D eigenvalue weighted by Crippen LogP contribution is -2.45. The van der Waals surface area contributed by atoms with Gasteiger partial charge in [0.15, 0.2) is 8.32 Å². The Hall–Kier alpha value is -0.333. The Balaban J connectivity index is 2.71. The minimum atomic E-state index is -1.62. The summed E-state index contributed by atoms with van der Waals surface area (Å²) in [5, 5.41) is 9.35. The summed E-state index contributed by atoms with van der Waals surface area (Å²) >= 11 is 0. The van der Waals surface area contributed by atoms with E-state index in [1.807, 2.05) is 6.92 Å². The van der Waals surface area contributed by atoms with Gasteiger partial charge in [0.05, 0.1) is 6.07 Å².